The minimum atomic E-state index is -0.919. The van der Waals surface area contributed by atoms with Crippen LogP contribution in [-0.2, 0) is 16.1 Å². The monoisotopic (exact) mass is 399 g/mol. The third-order valence-electron chi connectivity index (χ3n) is 4.41. The van der Waals surface area contributed by atoms with Crippen LogP contribution in [0.25, 0.3) is 0 Å². The first kappa shape index (κ1) is 20.5. The molecule has 154 valence electrons. The van der Waals surface area contributed by atoms with Gasteiger partial charge >= 0.3 is 5.97 Å². The highest BCUT2D eigenvalue weighted by atomic mass is 16.7. The highest BCUT2D eigenvalue weighted by Crippen LogP contribution is 2.32. The molecule has 1 aliphatic rings. The number of nitrogens with one attached hydrogen (secondary N) is 1. The van der Waals surface area contributed by atoms with Gasteiger partial charge in [0.2, 0.25) is 6.79 Å². The Morgan fingerprint density at radius 3 is 2.62 bits per heavy atom. The molecule has 1 amide bonds. The molecule has 0 fully saturated rings. The lowest BCUT2D eigenvalue weighted by Gasteiger charge is -2.14. The third kappa shape index (κ3) is 5.63. The maximum atomic E-state index is 12.3. The maximum absolute atomic E-state index is 12.3. The smallest absolute Gasteiger partial charge is 0.338 e. The van der Waals surface area contributed by atoms with E-state index in [4.69, 9.17) is 18.9 Å². The zero-order valence-corrected chi connectivity index (χ0v) is 16.6. The van der Waals surface area contributed by atoms with Crippen molar-refractivity contribution in [3.63, 3.8) is 0 Å². The summed E-state index contributed by atoms with van der Waals surface area (Å²) in [7, 11) is 0. The molecule has 0 bridgehead atoms. The van der Waals surface area contributed by atoms with E-state index in [1.807, 2.05) is 12.1 Å². The maximum Gasteiger partial charge on any atom is 0.338 e. The van der Waals surface area contributed by atoms with Gasteiger partial charge in [-0.3, -0.25) is 4.79 Å². The predicted molar refractivity (Wildman–Crippen MR) is 106 cm³/mol. The van der Waals surface area contributed by atoms with Crippen molar-refractivity contribution in [3.8, 4) is 17.2 Å². The van der Waals surface area contributed by atoms with Gasteiger partial charge < -0.3 is 24.3 Å². The molecule has 3 rings (SSSR count). The first-order chi connectivity index (χ1) is 14.1. The number of hydrogen-bond donors (Lipinski definition) is 1. The van der Waals surface area contributed by atoms with Crippen LogP contribution in [0.2, 0.25) is 0 Å². The molecule has 0 saturated carbocycles. The summed E-state index contributed by atoms with van der Waals surface area (Å²) in [5, 5.41) is 2.75. The van der Waals surface area contributed by atoms with Crippen LogP contribution in [0.4, 0.5) is 0 Å². The Labute approximate surface area is 169 Å². The Balaban J connectivity index is 1.46. The molecule has 0 spiro atoms. The lowest BCUT2D eigenvalue weighted by molar-refractivity contribution is -0.129. The summed E-state index contributed by atoms with van der Waals surface area (Å²) >= 11 is 0. The second-order valence-corrected chi connectivity index (χ2v) is 6.68. The van der Waals surface area contributed by atoms with Crippen molar-refractivity contribution < 1.29 is 28.5 Å². The summed E-state index contributed by atoms with van der Waals surface area (Å²) < 4.78 is 21.4. The van der Waals surface area contributed by atoms with Crippen molar-refractivity contribution in [3.05, 3.63) is 53.6 Å². The minimum absolute atomic E-state index is 0.198. The van der Waals surface area contributed by atoms with E-state index in [1.165, 1.54) is 6.92 Å². The number of carbonyl (C=O) groups is 2. The number of unbranched alkanes of at least 4 members (excludes halogenated alkanes) is 1. The van der Waals surface area contributed by atoms with Gasteiger partial charge in [0.1, 0.15) is 5.75 Å². The van der Waals surface area contributed by atoms with Crippen LogP contribution in [-0.4, -0.2) is 31.4 Å². The zero-order chi connectivity index (χ0) is 20.6. The molecule has 2 aromatic carbocycles. The van der Waals surface area contributed by atoms with Gasteiger partial charge in [-0.25, -0.2) is 4.79 Å². The second-order valence-electron chi connectivity index (χ2n) is 6.68. The fourth-order valence-corrected chi connectivity index (χ4v) is 2.69. The Morgan fingerprint density at radius 1 is 1.10 bits per heavy atom. The molecule has 0 aromatic heterocycles. The highest BCUT2D eigenvalue weighted by Gasteiger charge is 2.19. The number of amides is 1. The Morgan fingerprint density at radius 2 is 1.86 bits per heavy atom. The fraction of sp³-hybridized carbons (Fsp3) is 0.364. The molecule has 1 atom stereocenters. The molecule has 0 aliphatic carbocycles. The van der Waals surface area contributed by atoms with E-state index in [2.05, 4.69) is 12.2 Å². The van der Waals surface area contributed by atoms with Crippen molar-refractivity contribution in [2.24, 2.45) is 0 Å². The minimum Gasteiger partial charge on any atom is -0.494 e. The first-order valence-electron chi connectivity index (χ1n) is 9.67. The molecule has 0 saturated heterocycles. The first-order valence-corrected chi connectivity index (χ1v) is 9.67. The van der Waals surface area contributed by atoms with Crippen molar-refractivity contribution in [1.82, 2.24) is 5.32 Å². The SMILES string of the molecule is CCCCOc1ccc(C(=O)OC(C)C(=O)NCc2ccc3c(c2)OCO3)cc1. The van der Waals surface area contributed by atoms with E-state index in [1.54, 1.807) is 30.3 Å². The molecule has 7 nitrogen and oxygen atoms in total. The number of hydrogen-bond acceptors (Lipinski definition) is 6. The highest BCUT2D eigenvalue weighted by molar-refractivity contribution is 5.92. The van der Waals surface area contributed by atoms with Crippen LogP contribution >= 0.6 is 0 Å². The van der Waals surface area contributed by atoms with Crippen molar-refractivity contribution in [2.75, 3.05) is 13.4 Å². The quantitative estimate of drug-likeness (QED) is 0.514. The van der Waals surface area contributed by atoms with E-state index in [9.17, 15) is 9.59 Å². The summed E-state index contributed by atoms with van der Waals surface area (Å²) in [6.07, 6.45) is 1.11. The molecule has 7 heteroatoms. The standard InChI is InChI=1S/C22H25NO6/c1-3-4-11-26-18-8-6-17(7-9-18)22(25)29-15(2)21(24)23-13-16-5-10-19-20(12-16)28-14-27-19/h5-10,12,15H,3-4,11,13-14H2,1-2H3,(H,23,24). The van der Waals surface area contributed by atoms with E-state index in [0.717, 1.165) is 18.4 Å². The number of esters is 1. The lowest BCUT2D eigenvalue weighted by atomic mass is 10.2. The van der Waals surface area contributed by atoms with Crippen LogP contribution in [0, 0.1) is 0 Å². The lowest BCUT2D eigenvalue weighted by Crippen LogP contribution is -2.35. The van der Waals surface area contributed by atoms with Crippen LogP contribution in [0.1, 0.15) is 42.6 Å². The number of fused-ring (bicyclic) bond motifs is 1. The van der Waals surface area contributed by atoms with Crippen LogP contribution < -0.4 is 19.5 Å². The van der Waals surface area contributed by atoms with Crippen LogP contribution in [0.15, 0.2) is 42.5 Å². The van der Waals surface area contributed by atoms with Crippen molar-refractivity contribution in [2.45, 2.75) is 39.3 Å². The average Bonchev–Trinajstić information content (AvgIpc) is 3.20. The van der Waals surface area contributed by atoms with Gasteiger partial charge in [0.25, 0.3) is 5.91 Å². The molecule has 1 heterocycles. The molecule has 1 aliphatic heterocycles. The third-order valence-corrected chi connectivity index (χ3v) is 4.41. The van der Waals surface area contributed by atoms with E-state index >= 15 is 0 Å². The summed E-state index contributed by atoms with van der Waals surface area (Å²) in [4.78, 5) is 24.5. The Hall–Kier alpha value is -3.22. The molecule has 0 radical (unpaired) electrons. The summed E-state index contributed by atoms with van der Waals surface area (Å²) in [5.74, 6) is 1.10. The largest absolute Gasteiger partial charge is 0.494 e. The number of ether oxygens (including phenoxy) is 4. The van der Waals surface area contributed by atoms with Crippen molar-refractivity contribution >= 4 is 11.9 Å². The van der Waals surface area contributed by atoms with Crippen LogP contribution in [0.5, 0.6) is 17.2 Å². The Kier molecular flexibility index (Phi) is 6.94. The summed E-state index contributed by atoms with van der Waals surface area (Å²) in [5.41, 5.74) is 1.23. The zero-order valence-electron chi connectivity index (χ0n) is 16.6. The van der Waals surface area contributed by atoms with E-state index in [-0.39, 0.29) is 12.7 Å². The van der Waals surface area contributed by atoms with E-state index < -0.39 is 12.1 Å². The van der Waals surface area contributed by atoms with E-state index in [0.29, 0.717) is 36.0 Å². The summed E-state index contributed by atoms with van der Waals surface area (Å²) in [6.45, 7) is 4.76. The van der Waals surface area contributed by atoms with Crippen molar-refractivity contribution in [1.29, 1.82) is 0 Å². The van der Waals surface area contributed by atoms with Gasteiger partial charge in [0.05, 0.1) is 12.2 Å². The van der Waals surface area contributed by atoms with Gasteiger partial charge in [-0.05, 0) is 55.3 Å². The normalized spacial score (nSPS) is 12.9. The second kappa shape index (κ2) is 9.82. The van der Waals surface area contributed by atoms with Gasteiger partial charge in [-0.15, -0.1) is 0 Å². The van der Waals surface area contributed by atoms with Gasteiger partial charge in [-0.1, -0.05) is 19.4 Å². The molecular formula is C22H25NO6. The molecular weight excluding hydrogens is 374 g/mol. The Bertz CT molecular complexity index is 849. The number of benzene rings is 2. The number of carbonyl (C=O) groups excluding carboxylic acids is 2. The number of rotatable bonds is 9. The topological polar surface area (TPSA) is 83.1 Å². The summed E-state index contributed by atoms with van der Waals surface area (Å²) in [6, 6.07) is 12.1. The predicted octanol–water partition coefficient (Wildman–Crippen LogP) is 3.46. The fourth-order valence-electron chi connectivity index (χ4n) is 2.69. The van der Waals surface area contributed by atoms with Gasteiger partial charge in [0, 0.05) is 6.54 Å². The molecule has 1 N–H and O–H groups in total. The molecule has 1 unspecified atom stereocenters. The molecule has 29 heavy (non-hydrogen) atoms. The average molecular weight is 399 g/mol. The van der Waals surface area contributed by atoms with Crippen LogP contribution in [0.3, 0.4) is 0 Å². The van der Waals surface area contributed by atoms with Gasteiger partial charge in [0.15, 0.2) is 17.6 Å². The van der Waals surface area contributed by atoms with Gasteiger partial charge in [-0.2, -0.15) is 0 Å². The molecule has 2 aromatic rings.